The topological polar surface area (TPSA) is 46.6 Å². The van der Waals surface area contributed by atoms with Gasteiger partial charge in [-0.25, -0.2) is 0 Å². The van der Waals surface area contributed by atoms with Crippen molar-refractivity contribution in [1.82, 2.24) is 4.90 Å². The lowest BCUT2D eigenvalue weighted by Gasteiger charge is -2.16. The van der Waals surface area contributed by atoms with Crippen molar-refractivity contribution in [2.75, 3.05) is 20.2 Å². The molecular formula is C25H47NO3. The molecule has 0 unspecified atom stereocenters. The van der Waals surface area contributed by atoms with Gasteiger partial charge in [0.25, 0.3) is 0 Å². The molecule has 0 heterocycles. The molecule has 1 amide bonds. The van der Waals surface area contributed by atoms with Crippen LogP contribution in [0.15, 0.2) is 12.2 Å². The maximum Gasteiger partial charge on any atom is 0.325 e. The number of rotatable bonds is 19. The first-order chi connectivity index (χ1) is 14.0. The van der Waals surface area contributed by atoms with Crippen molar-refractivity contribution < 1.29 is 14.3 Å². The van der Waals surface area contributed by atoms with Crippen LogP contribution in [0.2, 0.25) is 0 Å². The zero-order chi connectivity index (χ0) is 21.7. The fraction of sp³-hybridized carbons (Fsp3) is 0.840. The van der Waals surface area contributed by atoms with Gasteiger partial charge in [0, 0.05) is 13.5 Å². The Balaban J connectivity index is 3.47. The molecule has 0 aliphatic carbocycles. The standard InChI is InChI=1S/C25H47NO3/c1-5-6-7-8-9-10-11-12-13-14-15-16-17-18-19-20-24(27)26(4)21-25(28)29-22-23(2)3/h12-13,23H,5-11,14-22H2,1-4H3/b13-12-. The van der Waals surface area contributed by atoms with Crippen LogP contribution in [0, 0.1) is 5.92 Å². The molecule has 0 bridgehead atoms. The lowest BCUT2D eigenvalue weighted by Crippen LogP contribution is -2.33. The number of likely N-dealkylation sites (N-methyl/N-ethyl adjacent to an activating group) is 1. The largest absolute Gasteiger partial charge is 0.464 e. The fourth-order valence-electron chi connectivity index (χ4n) is 3.12. The lowest BCUT2D eigenvalue weighted by molar-refractivity contribution is -0.149. The molecule has 0 radical (unpaired) electrons. The van der Waals surface area contributed by atoms with Gasteiger partial charge in [0.15, 0.2) is 0 Å². The molecule has 0 atom stereocenters. The number of ether oxygens (including phenoxy) is 1. The molecule has 0 aliphatic heterocycles. The van der Waals surface area contributed by atoms with E-state index in [1.807, 2.05) is 13.8 Å². The zero-order valence-corrected chi connectivity index (χ0v) is 19.7. The van der Waals surface area contributed by atoms with Crippen molar-refractivity contribution in [3.8, 4) is 0 Å². The Kier molecular flexibility index (Phi) is 19.1. The van der Waals surface area contributed by atoms with E-state index < -0.39 is 0 Å². The van der Waals surface area contributed by atoms with E-state index in [4.69, 9.17) is 4.74 Å². The van der Waals surface area contributed by atoms with Crippen LogP contribution in [0.5, 0.6) is 0 Å². The number of hydrogen-bond donors (Lipinski definition) is 0. The maximum atomic E-state index is 12.1. The van der Waals surface area contributed by atoms with E-state index in [1.165, 1.54) is 75.5 Å². The highest BCUT2D eigenvalue weighted by Gasteiger charge is 2.13. The summed E-state index contributed by atoms with van der Waals surface area (Å²) in [6.07, 6.45) is 21.4. The summed E-state index contributed by atoms with van der Waals surface area (Å²) in [5.74, 6) is 0.0268. The van der Waals surface area contributed by atoms with E-state index in [0.29, 0.717) is 18.9 Å². The average Bonchev–Trinajstić information content (AvgIpc) is 2.69. The van der Waals surface area contributed by atoms with Gasteiger partial charge in [-0.15, -0.1) is 0 Å². The van der Waals surface area contributed by atoms with E-state index in [2.05, 4.69) is 19.1 Å². The van der Waals surface area contributed by atoms with Gasteiger partial charge >= 0.3 is 5.97 Å². The predicted molar refractivity (Wildman–Crippen MR) is 123 cm³/mol. The molecule has 170 valence electrons. The molecule has 0 aromatic rings. The van der Waals surface area contributed by atoms with Crippen molar-refractivity contribution in [2.45, 2.75) is 111 Å². The molecule has 0 saturated carbocycles. The second-order valence-corrected chi connectivity index (χ2v) is 8.66. The molecule has 29 heavy (non-hydrogen) atoms. The van der Waals surface area contributed by atoms with Crippen LogP contribution in [0.4, 0.5) is 0 Å². The van der Waals surface area contributed by atoms with E-state index in [1.54, 1.807) is 7.05 Å². The molecule has 0 aromatic heterocycles. The van der Waals surface area contributed by atoms with Crippen molar-refractivity contribution >= 4 is 11.9 Å². The Morgan fingerprint density at radius 2 is 1.34 bits per heavy atom. The van der Waals surface area contributed by atoms with Crippen LogP contribution in [0.3, 0.4) is 0 Å². The Morgan fingerprint density at radius 1 is 0.828 bits per heavy atom. The van der Waals surface area contributed by atoms with Crippen molar-refractivity contribution in [2.24, 2.45) is 5.92 Å². The monoisotopic (exact) mass is 409 g/mol. The number of carbonyl (C=O) groups is 2. The Bertz CT molecular complexity index is 432. The van der Waals surface area contributed by atoms with Crippen molar-refractivity contribution in [1.29, 1.82) is 0 Å². The Morgan fingerprint density at radius 3 is 1.90 bits per heavy atom. The smallest absolute Gasteiger partial charge is 0.325 e. The normalized spacial score (nSPS) is 11.3. The highest BCUT2D eigenvalue weighted by atomic mass is 16.5. The SMILES string of the molecule is CCCCCCCC/C=C\CCCCCCCC(=O)N(C)CC(=O)OCC(C)C. The summed E-state index contributed by atoms with van der Waals surface area (Å²) < 4.78 is 5.12. The minimum Gasteiger partial charge on any atom is -0.464 e. The number of allylic oxidation sites excluding steroid dienone is 2. The third-order valence-electron chi connectivity index (χ3n) is 5.02. The van der Waals surface area contributed by atoms with Gasteiger partial charge in [0.1, 0.15) is 6.54 Å². The summed E-state index contributed by atoms with van der Waals surface area (Å²) in [7, 11) is 1.68. The van der Waals surface area contributed by atoms with E-state index >= 15 is 0 Å². The van der Waals surface area contributed by atoms with Crippen LogP contribution >= 0.6 is 0 Å². The minimum atomic E-state index is -0.320. The van der Waals surface area contributed by atoms with Crippen LogP contribution in [0.25, 0.3) is 0 Å². The molecule has 0 saturated heterocycles. The summed E-state index contributed by atoms with van der Waals surface area (Å²) in [6, 6.07) is 0. The minimum absolute atomic E-state index is 0.0316. The maximum absolute atomic E-state index is 12.1. The zero-order valence-electron chi connectivity index (χ0n) is 19.7. The van der Waals surface area contributed by atoms with Crippen LogP contribution in [-0.2, 0) is 14.3 Å². The van der Waals surface area contributed by atoms with E-state index in [-0.39, 0.29) is 18.4 Å². The first kappa shape index (κ1) is 27.7. The highest BCUT2D eigenvalue weighted by molar-refractivity contribution is 5.81. The summed E-state index contributed by atoms with van der Waals surface area (Å²) in [5.41, 5.74) is 0. The molecule has 4 heteroatoms. The van der Waals surface area contributed by atoms with Crippen LogP contribution in [-0.4, -0.2) is 37.0 Å². The van der Waals surface area contributed by atoms with Gasteiger partial charge < -0.3 is 9.64 Å². The quantitative estimate of drug-likeness (QED) is 0.136. The van der Waals surface area contributed by atoms with Gasteiger partial charge in [0.05, 0.1) is 6.61 Å². The first-order valence-corrected chi connectivity index (χ1v) is 12.0. The average molecular weight is 410 g/mol. The Hall–Kier alpha value is -1.32. The van der Waals surface area contributed by atoms with Crippen LogP contribution in [0.1, 0.15) is 111 Å². The van der Waals surface area contributed by atoms with Gasteiger partial charge in [0.2, 0.25) is 5.91 Å². The van der Waals surface area contributed by atoms with Crippen molar-refractivity contribution in [3.63, 3.8) is 0 Å². The highest BCUT2D eigenvalue weighted by Crippen LogP contribution is 2.10. The lowest BCUT2D eigenvalue weighted by atomic mass is 10.1. The van der Waals surface area contributed by atoms with Crippen molar-refractivity contribution in [3.05, 3.63) is 12.2 Å². The molecule has 4 nitrogen and oxygen atoms in total. The number of nitrogens with zero attached hydrogens (tertiary/aromatic N) is 1. The number of hydrogen-bond acceptors (Lipinski definition) is 3. The molecule has 0 fully saturated rings. The molecular weight excluding hydrogens is 362 g/mol. The van der Waals surface area contributed by atoms with E-state index in [9.17, 15) is 9.59 Å². The van der Waals surface area contributed by atoms with Crippen LogP contribution < -0.4 is 0 Å². The number of unbranched alkanes of at least 4 members (excludes halogenated alkanes) is 11. The molecule has 0 spiro atoms. The summed E-state index contributed by atoms with van der Waals surface area (Å²) >= 11 is 0. The van der Waals surface area contributed by atoms with Gasteiger partial charge in [-0.05, 0) is 38.0 Å². The summed E-state index contributed by atoms with van der Waals surface area (Å²) in [5, 5.41) is 0. The summed E-state index contributed by atoms with van der Waals surface area (Å²) in [4.78, 5) is 25.2. The summed E-state index contributed by atoms with van der Waals surface area (Å²) in [6.45, 7) is 6.71. The Labute approximate surface area is 180 Å². The molecule has 0 rings (SSSR count). The third kappa shape index (κ3) is 19.8. The van der Waals surface area contributed by atoms with Gasteiger partial charge in [-0.3, -0.25) is 9.59 Å². The molecule has 0 aromatic carbocycles. The van der Waals surface area contributed by atoms with Gasteiger partial charge in [-0.2, -0.15) is 0 Å². The number of amides is 1. The number of carbonyl (C=O) groups excluding carboxylic acids is 2. The third-order valence-corrected chi connectivity index (χ3v) is 5.02. The second-order valence-electron chi connectivity index (χ2n) is 8.66. The first-order valence-electron chi connectivity index (χ1n) is 12.0. The van der Waals surface area contributed by atoms with E-state index in [0.717, 1.165) is 12.8 Å². The molecule has 0 N–H and O–H groups in total. The predicted octanol–water partition coefficient (Wildman–Crippen LogP) is 6.68. The number of esters is 1. The second kappa shape index (κ2) is 20.0. The fourth-order valence-corrected chi connectivity index (χ4v) is 3.12. The van der Waals surface area contributed by atoms with Gasteiger partial charge in [-0.1, -0.05) is 84.3 Å². The molecule has 0 aliphatic rings.